The minimum atomic E-state index is 0.683. The van der Waals surface area contributed by atoms with Crippen molar-refractivity contribution in [3.63, 3.8) is 0 Å². The monoisotopic (exact) mass is 466 g/mol. The van der Waals surface area contributed by atoms with Gasteiger partial charge in [-0.15, -0.1) is 0 Å². The van der Waals surface area contributed by atoms with Gasteiger partial charge in [-0.3, -0.25) is 0 Å². The third-order valence-electron chi connectivity index (χ3n) is 9.08. The molecule has 0 N–H and O–H groups in total. The summed E-state index contributed by atoms with van der Waals surface area (Å²) in [6.45, 7) is 16.6. The van der Waals surface area contributed by atoms with Gasteiger partial charge in [0, 0.05) is 0 Å². The van der Waals surface area contributed by atoms with Gasteiger partial charge >= 0.3 is 0 Å². The lowest BCUT2D eigenvalue weighted by atomic mass is 9.72. The highest BCUT2D eigenvalue weighted by Gasteiger charge is 2.27. The molecule has 0 heteroatoms. The fourth-order valence-corrected chi connectivity index (χ4v) is 6.61. The van der Waals surface area contributed by atoms with E-state index in [1.165, 1.54) is 70.6 Å². The maximum Gasteiger partial charge on any atom is -0.00533 e. The van der Waals surface area contributed by atoms with Crippen LogP contribution in [0.25, 0.3) is 0 Å². The van der Waals surface area contributed by atoms with E-state index in [1.54, 1.807) is 0 Å². The lowest BCUT2D eigenvalue weighted by molar-refractivity contribution is 0.294. The number of allylic oxidation sites excluding steroid dienone is 8. The predicted octanol–water partition coefficient (Wildman–Crippen LogP) is 11.0. The van der Waals surface area contributed by atoms with Crippen LogP contribution >= 0.6 is 0 Å². The summed E-state index contributed by atoms with van der Waals surface area (Å²) in [5.41, 5.74) is 1.83. The molecular formula is C34H58. The molecule has 0 saturated heterocycles. The highest BCUT2D eigenvalue weighted by atomic mass is 14.3. The maximum absolute atomic E-state index is 2.78. The number of hydrogen-bond donors (Lipinski definition) is 0. The molecule has 0 fully saturated rings. The average Bonchev–Trinajstić information content (AvgIpc) is 2.83. The van der Waals surface area contributed by atoms with Crippen LogP contribution in [0, 0.1) is 47.3 Å². The first-order valence-electron chi connectivity index (χ1n) is 15.0. The van der Waals surface area contributed by atoms with Crippen LogP contribution in [0.3, 0.4) is 0 Å². The Labute approximate surface area is 214 Å². The van der Waals surface area contributed by atoms with Crippen molar-refractivity contribution in [2.75, 3.05) is 0 Å². The van der Waals surface area contributed by atoms with E-state index in [0.29, 0.717) is 5.92 Å². The molecule has 0 aliphatic heterocycles. The highest BCUT2D eigenvalue weighted by Crippen LogP contribution is 2.40. The second kappa shape index (κ2) is 15.9. The summed E-state index contributed by atoms with van der Waals surface area (Å²) >= 11 is 0. The Morgan fingerprint density at radius 1 is 0.824 bits per heavy atom. The first-order valence-corrected chi connectivity index (χ1v) is 15.0. The van der Waals surface area contributed by atoms with Crippen molar-refractivity contribution in [1.29, 1.82) is 0 Å². The molecule has 2 aliphatic carbocycles. The van der Waals surface area contributed by atoms with E-state index in [1.807, 2.05) is 5.57 Å². The molecule has 0 aromatic heterocycles. The molecule has 0 spiro atoms. The van der Waals surface area contributed by atoms with Crippen LogP contribution in [-0.4, -0.2) is 0 Å². The Morgan fingerprint density at radius 2 is 1.53 bits per heavy atom. The largest absolute Gasteiger partial charge is 0.0914 e. The minimum absolute atomic E-state index is 0.683. The predicted molar refractivity (Wildman–Crippen MR) is 154 cm³/mol. The summed E-state index contributed by atoms with van der Waals surface area (Å²) in [6.07, 6.45) is 32.1. The van der Waals surface area contributed by atoms with Crippen molar-refractivity contribution < 1.29 is 0 Å². The molecule has 0 heterocycles. The molecular weight excluding hydrogens is 408 g/mol. The zero-order chi connectivity index (χ0) is 24.9. The van der Waals surface area contributed by atoms with Crippen LogP contribution in [0.5, 0.6) is 0 Å². The van der Waals surface area contributed by atoms with Crippen molar-refractivity contribution in [2.24, 2.45) is 47.3 Å². The molecule has 0 saturated carbocycles. The van der Waals surface area contributed by atoms with Crippen LogP contribution in [-0.2, 0) is 0 Å². The molecule has 34 heavy (non-hydrogen) atoms. The zero-order valence-corrected chi connectivity index (χ0v) is 23.9. The van der Waals surface area contributed by atoms with E-state index >= 15 is 0 Å². The van der Waals surface area contributed by atoms with Gasteiger partial charge < -0.3 is 0 Å². The summed E-state index contributed by atoms with van der Waals surface area (Å²) in [5.74, 6) is 6.34. The van der Waals surface area contributed by atoms with Gasteiger partial charge in [-0.05, 0) is 119 Å². The Kier molecular flexibility index (Phi) is 13.6. The molecule has 0 aromatic rings. The molecule has 0 bridgehead atoms. The standard InChI is InChI=1S/C34H58/c1-8-11-26(4)14-16-29(7)33-23-22-32(13-10-3)34(25-33)24-27(5)15-17-28(6)31-20-18-30(12-9-2)19-21-31/h8-9,11-12,18,20,25-33H,10,13-17,19,21-24H2,1-7H3. The molecule has 0 aromatic carbocycles. The Bertz CT molecular complexity index is 662. The van der Waals surface area contributed by atoms with E-state index in [4.69, 9.17) is 0 Å². The third-order valence-corrected chi connectivity index (χ3v) is 9.08. The molecule has 194 valence electrons. The summed E-state index contributed by atoms with van der Waals surface area (Å²) in [4.78, 5) is 0. The van der Waals surface area contributed by atoms with E-state index in [0.717, 1.165) is 41.4 Å². The molecule has 0 nitrogen and oxygen atoms in total. The Hall–Kier alpha value is -1.04. The molecule has 8 atom stereocenters. The minimum Gasteiger partial charge on any atom is -0.0914 e. The van der Waals surface area contributed by atoms with Gasteiger partial charge in [-0.1, -0.05) is 95.6 Å². The van der Waals surface area contributed by atoms with Crippen molar-refractivity contribution >= 4 is 0 Å². The van der Waals surface area contributed by atoms with Gasteiger partial charge in [0.15, 0.2) is 0 Å². The topological polar surface area (TPSA) is 0 Å². The third kappa shape index (κ3) is 9.91. The average molecular weight is 467 g/mol. The molecule has 0 amide bonds. The molecule has 2 rings (SSSR count). The van der Waals surface area contributed by atoms with Crippen LogP contribution in [0.4, 0.5) is 0 Å². The van der Waals surface area contributed by atoms with Crippen LogP contribution in [0.2, 0.25) is 0 Å². The van der Waals surface area contributed by atoms with Gasteiger partial charge in [0.2, 0.25) is 0 Å². The van der Waals surface area contributed by atoms with Crippen LogP contribution < -0.4 is 0 Å². The Balaban J connectivity index is 1.89. The lowest BCUT2D eigenvalue weighted by Crippen LogP contribution is -2.21. The van der Waals surface area contributed by atoms with Crippen LogP contribution in [0.1, 0.15) is 119 Å². The first kappa shape index (κ1) is 29.2. The van der Waals surface area contributed by atoms with Crippen LogP contribution in [0.15, 0.2) is 48.1 Å². The van der Waals surface area contributed by atoms with Gasteiger partial charge in [-0.2, -0.15) is 0 Å². The van der Waals surface area contributed by atoms with Crippen molar-refractivity contribution in [3.05, 3.63) is 48.1 Å². The first-order chi connectivity index (χ1) is 16.4. The van der Waals surface area contributed by atoms with Gasteiger partial charge in [0.25, 0.3) is 0 Å². The van der Waals surface area contributed by atoms with Crippen molar-refractivity contribution in [2.45, 2.75) is 119 Å². The fourth-order valence-electron chi connectivity index (χ4n) is 6.61. The quantitative estimate of drug-likeness (QED) is 0.223. The normalized spacial score (nSPS) is 29.3. The molecule has 8 unspecified atom stereocenters. The van der Waals surface area contributed by atoms with E-state index in [2.05, 4.69) is 91.0 Å². The van der Waals surface area contributed by atoms with E-state index in [9.17, 15) is 0 Å². The number of rotatable bonds is 14. The zero-order valence-electron chi connectivity index (χ0n) is 23.9. The Morgan fingerprint density at radius 3 is 2.18 bits per heavy atom. The number of hydrogen-bond acceptors (Lipinski definition) is 0. The van der Waals surface area contributed by atoms with Gasteiger partial charge in [0.1, 0.15) is 0 Å². The summed E-state index contributed by atoms with van der Waals surface area (Å²) in [5, 5.41) is 0. The highest BCUT2D eigenvalue weighted by molar-refractivity contribution is 5.14. The maximum atomic E-state index is 2.78. The second-order valence-electron chi connectivity index (χ2n) is 12.2. The second-order valence-corrected chi connectivity index (χ2v) is 12.2. The summed E-state index contributed by atoms with van der Waals surface area (Å²) in [6, 6.07) is 0. The van der Waals surface area contributed by atoms with E-state index in [-0.39, 0.29) is 0 Å². The smallest absolute Gasteiger partial charge is 0.00533 e. The summed E-state index contributed by atoms with van der Waals surface area (Å²) in [7, 11) is 0. The lowest BCUT2D eigenvalue weighted by Gasteiger charge is -2.34. The molecule has 2 aliphatic rings. The van der Waals surface area contributed by atoms with Crippen molar-refractivity contribution in [1.82, 2.24) is 0 Å². The van der Waals surface area contributed by atoms with Gasteiger partial charge in [0.05, 0.1) is 0 Å². The SMILES string of the molecule is CC=CC(C)CCC(C)C1C=C(CC(C)CCC(C)C2C=CC(C=CC)CC2)C(CCC)CC1. The van der Waals surface area contributed by atoms with Crippen molar-refractivity contribution in [3.8, 4) is 0 Å². The van der Waals surface area contributed by atoms with Gasteiger partial charge in [-0.25, -0.2) is 0 Å². The molecule has 0 radical (unpaired) electrons. The summed E-state index contributed by atoms with van der Waals surface area (Å²) < 4.78 is 0. The fraction of sp³-hybridized carbons (Fsp3) is 0.765. The van der Waals surface area contributed by atoms with E-state index < -0.39 is 0 Å².